The third kappa shape index (κ3) is 4.15. The molecule has 2 unspecified atom stereocenters. The lowest BCUT2D eigenvalue weighted by Crippen LogP contribution is -2.25. The van der Waals surface area contributed by atoms with E-state index in [1.807, 2.05) is 13.0 Å². The van der Waals surface area contributed by atoms with Crippen LogP contribution in [0.3, 0.4) is 0 Å². The number of aliphatic hydroxyl groups is 1. The number of rotatable bonds is 6. The average molecular weight is 314 g/mol. The van der Waals surface area contributed by atoms with Gasteiger partial charge in [0.2, 0.25) is 0 Å². The highest BCUT2D eigenvalue weighted by atomic mass is 16.6. The molecule has 2 atom stereocenters. The van der Waals surface area contributed by atoms with Gasteiger partial charge in [-0.1, -0.05) is 30.3 Å². The SMILES string of the molecule is Cc1cccc(C(C)NCC(O)c2cccc([N+](=O)[O-])c2)c1C. The minimum absolute atomic E-state index is 0.0101. The zero-order valence-electron chi connectivity index (χ0n) is 13.6. The summed E-state index contributed by atoms with van der Waals surface area (Å²) in [5.41, 5.74) is 4.19. The Kier molecular flexibility index (Phi) is 5.47. The molecule has 0 heterocycles. The van der Waals surface area contributed by atoms with Gasteiger partial charge in [-0.15, -0.1) is 0 Å². The van der Waals surface area contributed by atoms with E-state index in [2.05, 4.69) is 31.3 Å². The van der Waals surface area contributed by atoms with E-state index in [0.717, 1.165) is 0 Å². The van der Waals surface area contributed by atoms with Gasteiger partial charge in [-0.2, -0.15) is 0 Å². The highest BCUT2D eigenvalue weighted by Gasteiger charge is 2.15. The lowest BCUT2D eigenvalue weighted by molar-refractivity contribution is -0.385. The maximum Gasteiger partial charge on any atom is 0.269 e. The Morgan fingerprint density at radius 3 is 2.61 bits per heavy atom. The van der Waals surface area contributed by atoms with Crippen LogP contribution in [0.5, 0.6) is 0 Å². The number of hydrogen-bond acceptors (Lipinski definition) is 4. The Hall–Kier alpha value is -2.24. The Morgan fingerprint density at radius 1 is 1.22 bits per heavy atom. The number of nitro groups is 1. The molecule has 0 aliphatic heterocycles. The number of nitrogens with one attached hydrogen (secondary N) is 1. The molecule has 122 valence electrons. The van der Waals surface area contributed by atoms with Crippen LogP contribution in [0.15, 0.2) is 42.5 Å². The van der Waals surface area contributed by atoms with Crippen molar-refractivity contribution in [3.8, 4) is 0 Å². The summed E-state index contributed by atoms with van der Waals surface area (Å²) >= 11 is 0. The summed E-state index contributed by atoms with van der Waals surface area (Å²) in [4.78, 5) is 10.3. The minimum Gasteiger partial charge on any atom is -0.387 e. The van der Waals surface area contributed by atoms with Gasteiger partial charge in [0.05, 0.1) is 11.0 Å². The molecule has 0 bridgehead atoms. The van der Waals surface area contributed by atoms with Gasteiger partial charge in [0.1, 0.15) is 0 Å². The second-order valence-electron chi connectivity index (χ2n) is 5.79. The summed E-state index contributed by atoms with van der Waals surface area (Å²) in [6.07, 6.45) is -0.789. The summed E-state index contributed by atoms with van der Waals surface area (Å²) in [7, 11) is 0. The third-order valence-electron chi connectivity index (χ3n) is 4.20. The van der Waals surface area contributed by atoms with Gasteiger partial charge in [0.15, 0.2) is 0 Å². The van der Waals surface area contributed by atoms with Crippen LogP contribution in [-0.4, -0.2) is 16.6 Å². The number of benzene rings is 2. The van der Waals surface area contributed by atoms with Gasteiger partial charge in [0.25, 0.3) is 5.69 Å². The zero-order chi connectivity index (χ0) is 17.0. The average Bonchev–Trinajstić information content (AvgIpc) is 2.55. The van der Waals surface area contributed by atoms with Gasteiger partial charge in [0, 0.05) is 24.7 Å². The van der Waals surface area contributed by atoms with Crippen LogP contribution in [0, 0.1) is 24.0 Å². The van der Waals surface area contributed by atoms with Crippen molar-refractivity contribution in [2.24, 2.45) is 0 Å². The van der Waals surface area contributed by atoms with Crippen molar-refractivity contribution < 1.29 is 10.0 Å². The fourth-order valence-electron chi connectivity index (χ4n) is 2.60. The molecule has 0 amide bonds. The molecule has 0 saturated heterocycles. The summed E-state index contributed by atoms with van der Waals surface area (Å²) in [5.74, 6) is 0. The van der Waals surface area contributed by atoms with Crippen LogP contribution >= 0.6 is 0 Å². The molecule has 5 nitrogen and oxygen atoms in total. The molecule has 2 aromatic rings. The second-order valence-corrected chi connectivity index (χ2v) is 5.79. The fraction of sp³-hybridized carbons (Fsp3) is 0.333. The van der Waals surface area contributed by atoms with Gasteiger partial charge < -0.3 is 10.4 Å². The van der Waals surface area contributed by atoms with Gasteiger partial charge in [-0.3, -0.25) is 10.1 Å². The smallest absolute Gasteiger partial charge is 0.269 e. The first-order chi connectivity index (χ1) is 10.9. The molecular weight excluding hydrogens is 292 g/mol. The number of nitro benzene ring substituents is 1. The number of non-ortho nitro benzene ring substituents is 1. The highest BCUT2D eigenvalue weighted by Crippen LogP contribution is 2.22. The quantitative estimate of drug-likeness (QED) is 0.631. The van der Waals surface area contributed by atoms with Crippen molar-refractivity contribution in [1.29, 1.82) is 0 Å². The van der Waals surface area contributed by atoms with E-state index < -0.39 is 11.0 Å². The molecule has 0 aromatic heterocycles. The molecule has 2 aromatic carbocycles. The lowest BCUT2D eigenvalue weighted by Gasteiger charge is -2.20. The van der Waals surface area contributed by atoms with Crippen molar-refractivity contribution in [3.63, 3.8) is 0 Å². The maximum atomic E-state index is 10.8. The number of aryl methyl sites for hydroxylation is 1. The van der Waals surface area contributed by atoms with Crippen molar-refractivity contribution in [3.05, 3.63) is 74.8 Å². The molecule has 5 heteroatoms. The molecule has 0 aliphatic rings. The molecule has 0 radical (unpaired) electrons. The second kappa shape index (κ2) is 7.35. The van der Waals surface area contributed by atoms with E-state index in [0.29, 0.717) is 12.1 Å². The molecule has 0 fully saturated rings. The van der Waals surface area contributed by atoms with Crippen molar-refractivity contribution in [2.45, 2.75) is 32.9 Å². The molecule has 2 N–H and O–H groups in total. The van der Waals surface area contributed by atoms with Gasteiger partial charge >= 0.3 is 0 Å². The van der Waals surface area contributed by atoms with E-state index >= 15 is 0 Å². The molecular formula is C18H22N2O3. The molecule has 2 rings (SSSR count). The van der Waals surface area contributed by atoms with Crippen LogP contribution in [0.4, 0.5) is 5.69 Å². The third-order valence-corrected chi connectivity index (χ3v) is 4.20. The first-order valence-electron chi connectivity index (χ1n) is 7.62. The fourth-order valence-corrected chi connectivity index (χ4v) is 2.60. The Morgan fingerprint density at radius 2 is 1.91 bits per heavy atom. The van der Waals surface area contributed by atoms with Crippen molar-refractivity contribution in [2.75, 3.05) is 6.54 Å². The van der Waals surface area contributed by atoms with E-state index in [-0.39, 0.29) is 11.7 Å². The predicted molar refractivity (Wildman–Crippen MR) is 90.4 cm³/mol. The topological polar surface area (TPSA) is 75.4 Å². The van der Waals surface area contributed by atoms with Crippen molar-refractivity contribution >= 4 is 5.69 Å². The predicted octanol–water partition coefficient (Wildman–Crippen LogP) is 3.60. The largest absolute Gasteiger partial charge is 0.387 e. The van der Waals surface area contributed by atoms with E-state index in [4.69, 9.17) is 0 Å². The standard InChI is InChI=1S/C18H22N2O3/c1-12-6-4-9-17(13(12)2)14(3)19-11-18(21)15-7-5-8-16(10-15)20(22)23/h4-10,14,18-19,21H,11H2,1-3H3. The summed E-state index contributed by atoms with van der Waals surface area (Å²) in [6.45, 7) is 6.53. The molecule has 0 saturated carbocycles. The maximum absolute atomic E-state index is 10.8. The van der Waals surface area contributed by atoms with E-state index in [1.54, 1.807) is 12.1 Å². The number of hydrogen-bond donors (Lipinski definition) is 2. The summed E-state index contributed by atoms with van der Waals surface area (Å²) in [6, 6.07) is 12.4. The number of aliphatic hydroxyl groups excluding tert-OH is 1. The van der Waals surface area contributed by atoms with Crippen LogP contribution in [0.2, 0.25) is 0 Å². The Bertz CT molecular complexity index is 700. The normalized spacial score (nSPS) is 13.6. The molecule has 0 spiro atoms. The molecule has 23 heavy (non-hydrogen) atoms. The first-order valence-corrected chi connectivity index (χ1v) is 7.62. The zero-order valence-corrected chi connectivity index (χ0v) is 13.6. The summed E-state index contributed by atoms with van der Waals surface area (Å²) < 4.78 is 0. The number of nitrogens with zero attached hydrogens (tertiary/aromatic N) is 1. The van der Waals surface area contributed by atoms with Gasteiger partial charge in [-0.25, -0.2) is 0 Å². The van der Waals surface area contributed by atoms with Crippen LogP contribution < -0.4 is 5.32 Å². The van der Waals surface area contributed by atoms with E-state index in [9.17, 15) is 15.2 Å². The minimum atomic E-state index is -0.789. The monoisotopic (exact) mass is 314 g/mol. The first kappa shape index (κ1) is 17.1. The Labute approximate surface area is 136 Å². The van der Waals surface area contributed by atoms with E-state index in [1.165, 1.54) is 28.8 Å². The van der Waals surface area contributed by atoms with Crippen LogP contribution in [0.25, 0.3) is 0 Å². The molecule has 0 aliphatic carbocycles. The van der Waals surface area contributed by atoms with Crippen LogP contribution in [0.1, 0.15) is 41.3 Å². The highest BCUT2D eigenvalue weighted by molar-refractivity contribution is 5.36. The lowest BCUT2D eigenvalue weighted by atomic mass is 9.98. The van der Waals surface area contributed by atoms with Gasteiger partial charge in [-0.05, 0) is 43.0 Å². The van der Waals surface area contributed by atoms with Crippen molar-refractivity contribution in [1.82, 2.24) is 5.32 Å². The summed E-state index contributed by atoms with van der Waals surface area (Å²) in [5, 5.41) is 24.4. The van der Waals surface area contributed by atoms with Crippen LogP contribution in [-0.2, 0) is 0 Å². The Balaban J connectivity index is 2.04.